The lowest BCUT2D eigenvalue weighted by molar-refractivity contribution is -0.138. The third kappa shape index (κ3) is 4.16. The van der Waals surface area contributed by atoms with Gasteiger partial charge in [-0.1, -0.05) is 0 Å². The summed E-state index contributed by atoms with van der Waals surface area (Å²) in [4.78, 5) is 36.4. The number of carbonyl (C=O) groups excluding carboxylic acids is 2. The van der Waals surface area contributed by atoms with Crippen molar-refractivity contribution in [1.29, 1.82) is 0 Å². The van der Waals surface area contributed by atoms with E-state index in [1.54, 1.807) is 0 Å². The van der Waals surface area contributed by atoms with Gasteiger partial charge >= 0.3 is 0 Å². The maximum absolute atomic E-state index is 13.1. The molecular weight excluding hydrogens is 372 g/mol. The second-order valence-corrected chi connectivity index (χ2v) is 9.19. The Morgan fingerprint density at radius 2 is 1.90 bits per heavy atom. The summed E-state index contributed by atoms with van der Waals surface area (Å²) in [5, 5.41) is 6.89. The molecule has 0 saturated carbocycles. The second kappa shape index (κ2) is 8.02. The lowest BCUT2D eigenvalue weighted by Gasteiger charge is -2.33. The highest BCUT2D eigenvalue weighted by molar-refractivity contribution is 5.80. The summed E-state index contributed by atoms with van der Waals surface area (Å²) < 4.78 is 5.42. The molecule has 9 nitrogen and oxygen atoms in total. The van der Waals surface area contributed by atoms with Gasteiger partial charge in [0.2, 0.25) is 11.8 Å². The fourth-order valence-electron chi connectivity index (χ4n) is 5.31. The molecule has 160 valence electrons. The Labute approximate surface area is 171 Å². The zero-order chi connectivity index (χ0) is 20.6. The average molecular weight is 405 g/mol. The van der Waals surface area contributed by atoms with Crippen LogP contribution in [0.15, 0.2) is 0 Å². The van der Waals surface area contributed by atoms with Gasteiger partial charge in [0.15, 0.2) is 5.82 Å². The van der Waals surface area contributed by atoms with Gasteiger partial charge in [-0.25, -0.2) is 4.98 Å². The molecule has 0 aromatic carbocycles. The van der Waals surface area contributed by atoms with Crippen LogP contribution in [0.4, 0.5) is 0 Å². The molecule has 0 aliphatic carbocycles. The van der Waals surface area contributed by atoms with Crippen molar-refractivity contribution < 1.29 is 14.3 Å². The Morgan fingerprint density at radius 1 is 1.21 bits per heavy atom. The van der Waals surface area contributed by atoms with Gasteiger partial charge in [-0.15, -0.1) is 0 Å². The van der Waals surface area contributed by atoms with Crippen molar-refractivity contribution in [3.05, 3.63) is 11.6 Å². The minimum atomic E-state index is -0.0606. The molecule has 1 aromatic heterocycles. The number of hydrogen-bond donors (Lipinski definition) is 1. The number of nitrogens with zero attached hydrogens (tertiary/aromatic N) is 5. The van der Waals surface area contributed by atoms with Gasteiger partial charge in [0.1, 0.15) is 5.82 Å². The van der Waals surface area contributed by atoms with Gasteiger partial charge in [-0.2, -0.15) is 5.10 Å². The molecule has 2 atom stereocenters. The molecule has 0 unspecified atom stereocenters. The predicted molar refractivity (Wildman–Crippen MR) is 106 cm³/mol. The number of likely N-dealkylation sites (tertiary alicyclic amines) is 2. The van der Waals surface area contributed by atoms with Gasteiger partial charge in [-0.05, 0) is 33.9 Å². The molecule has 3 aliphatic heterocycles. The van der Waals surface area contributed by atoms with Crippen LogP contribution in [0.1, 0.15) is 24.5 Å². The van der Waals surface area contributed by atoms with Crippen LogP contribution >= 0.6 is 0 Å². The number of amides is 2. The number of ether oxygens (including phenoxy) is 1. The number of carbonyl (C=O) groups is 2. The molecule has 4 heterocycles. The first-order valence-electron chi connectivity index (χ1n) is 10.5. The first-order valence-corrected chi connectivity index (χ1v) is 10.5. The molecular formula is C20H32N6O3. The van der Waals surface area contributed by atoms with Crippen LogP contribution in [0.25, 0.3) is 0 Å². The molecule has 1 N–H and O–H groups in total. The van der Waals surface area contributed by atoms with Crippen molar-refractivity contribution in [1.82, 2.24) is 29.9 Å². The highest BCUT2D eigenvalue weighted by atomic mass is 16.5. The van der Waals surface area contributed by atoms with E-state index in [1.165, 1.54) is 0 Å². The third-order valence-electron chi connectivity index (χ3n) is 6.58. The highest BCUT2D eigenvalue weighted by Gasteiger charge is 2.54. The van der Waals surface area contributed by atoms with Crippen molar-refractivity contribution in [3.8, 4) is 0 Å². The Kier molecular flexibility index (Phi) is 5.61. The van der Waals surface area contributed by atoms with Gasteiger partial charge in [-0.3, -0.25) is 14.7 Å². The Hall–Kier alpha value is -2.00. The van der Waals surface area contributed by atoms with Gasteiger partial charge < -0.3 is 19.4 Å². The van der Waals surface area contributed by atoms with Crippen LogP contribution < -0.4 is 0 Å². The first kappa shape index (κ1) is 20.3. The van der Waals surface area contributed by atoms with Gasteiger partial charge in [0.25, 0.3) is 0 Å². The normalized spacial score (nSPS) is 27.7. The number of H-pyrrole nitrogens is 1. The average Bonchev–Trinajstić information content (AvgIpc) is 3.33. The minimum Gasteiger partial charge on any atom is -0.381 e. The molecule has 3 aliphatic rings. The van der Waals surface area contributed by atoms with E-state index in [-0.39, 0.29) is 29.6 Å². The summed E-state index contributed by atoms with van der Waals surface area (Å²) in [6, 6.07) is 0. The van der Waals surface area contributed by atoms with Crippen LogP contribution in [-0.4, -0.2) is 102 Å². The largest absolute Gasteiger partial charge is 0.381 e. The highest BCUT2D eigenvalue weighted by Crippen LogP contribution is 2.43. The summed E-state index contributed by atoms with van der Waals surface area (Å²) in [6.45, 7) is 6.93. The topological polar surface area (TPSA) is 94.7 Å². The zero-order valence-electron chi connectivity index (χ0n) is 17.7. The van der Waals surface area contributed by atoms with Gasteiger partial charge in [0, 0.05) is 63.2 Å². The summed E-state index contributed by atoms with van der Waals surface area (Å²) in [6.07, 6.45) is 1.86. The molecule has 29 heavy (non-hydrogen) atoms. The minimum absolute atomic E-state index is 0.0606. The number of aryl methyl sites for hydroxylation is 1. The van der Waals surface area contributed by atoms with Crippen LogP contribution in [-0.2, 0) is 20.7 Å². The van der Waals surface area contributed by atoms with E-state index in [0.717, 1.165) is 38.3 Å². The molecule has 2 amide bonds. The SMILES string of the molecule is Cc1nc(CC(=O)N2C[C@H]3CN(C(=O)C4CCOCC4)C[C@@]3(CN(C)C)C2)n[nH]1. The van der Waals surface area contributed by atoms with E-state index in [4.69, 9.17) is 4.74 Å². The summed E-state index contributed by atoms with van der Waals surface area (Å²) >= 11 is 0. The quantitative estimate of drug-likeness (QED) is 0.738. The fraction of sp³-hybridized carbons (Fsp3) is 0.800. The fourth-order valence-corrected chi connectivity index (χ4v) is 5.31. The number of nitrogens with one attached hydrogen (secondary N) is 1. The molecule has 9 heteroatoms. The maximum atomic E-state index is 13.1. The van der Waals surface area contributed by atoms with Crippen LogP contribution in [0.5, 0.6) is 0 Å². The lowest BCUT2D eigenvalue weighted by atomic mass is 9.80. The van der Waals surface area contributed by atoms with Crippen LogP contribution in [0, 0.1) is 24.2 Å². The summed E-state index contributed by atoms with van der Waals surface area (Å²) in [7, 11) is 4.13. The van der Waals surface area contributed by atoms with Crippen molar-refractivity contribution in [2.75, 3.05) is 60.0 Å². The Bertz CT molecular complexity index is 759. The predicted octanol–water partition coefficient (Wildman–Crippen LogP) is -0.0692. The van der Waals surface area contributed by atoms with Crippen LogP contribution in [0.3, 0.4) is 0 Å². The Morgan fingerprint density at radius 3 is 2.55 bits per heavy atom. The first-order chi connectivity index (χ1) is 13.9. The standard InChI is InChI=1S/C20H32N6O3/c1-14-21-17(23-22-14)8-18(27)25-9-16-10-26(13-20(16,12-25)11-24(2)3)19(28)15-4-6-29-7-5-15/h15-16H,4-13H2,1-3H3,(H,21,22,23)/t16-,20+/m0/s1. The van der Waals surface area contributed by atoms with E-state index in [1.807, 2.05) is 11.8 Å². The number of aromatic nitrogens is 3. The number of aromatic amines is 1. The molecule has 0 bridgehead atoms. The van der Waals surface area contributed by atoms with E-state index in [0.29, 0.717) is 38.0 Å². The number of hydrogen-bond acceptors (Lipinski definition) is 6. The van der Waals surface area contributed by atoms with E-state index < -0.39 is 0 Å². The van der Waals surface area contributed by atoms with Crippen molar-refractivity contribution in [2.45, 2.75) is 26.2 Å². The van der Waals surface area contributed by atoms with Crippen molar-refractivity contribution in [3.63, 3.8) is 0 Å². The lowest BCUT2D eigenvalue weighted by Crippen LogP contribution is -2.45. The van der Waals surface area contributed by atoms with Crippen molar-refractivity contribution in [2.24, 2.45) is 17.3 Å². The summed E-state index contributed by atoms with van der Waals surface area (Å²) in [5.41, 5.74) is -0.0606. The van der Waals surface area contributed by atoms with E-state index in [9.17, 15) is 9.59 Å². The molecule has 0 radical (unpaired) electrons. The van der Waals surface area contributed by atoms with Crippen LogP contribution in [0.2, 0.25) is 0 Å². The van der Waals surface area contributed by atoms with Crippen molar-refractivity contribution >= 4 is 11.8 Å². The monoisotopic (exact) mass is 404 g/mol. The number of fused-ring (bicyclic) bond motifs is 1. The zero-order valence-corrected chi connectivity index (χ0v) is 17.7. The molecule has 0 spiro atoms. The second-order valence-electron chi connectivity index (χ2n) is 9.19. The molecule has 4 rings (SSSR count). The molecule has 1 aromatic rings. The van der Waals surface area contributed by atoms with Gasteiger partial charge in [0.05, 0.1) is 6.42 Å². The smallest absolute Gasteiger partial charge is 0.230 e. The molecule has 3 fully saturated rings. The third-order valence-corrected chi connectivity index (χ3v) is 6.58. The van der Waals surface area contributed by atoms with E-state index in [2.05, 4.69) is 39.1 Å². The molecule has 3 saturated heterocycles. The van der Waals surface area contributed by atoms with E-state index >= 15 is 0 Å². The summed E-state index contributed by atoms with van der Waals surface area (Å²) in [5.74, 6) is 2.01. The Balaban J connectivity index is 1.44. The number of rotatable bonds is 5. The maximum Gasteiger partial charge on any atom is 0.230 e.